The van der Waals surface area contributed by atoms with Crippen LogP contribution >= 0.6 is 0 Å². The fourth-order valence-electron chi connectivity index (χ4n) is 2.45. The van der Waals surface area contributed by atoms with Crippen LogP contribution in [0.5, 0.6) is 0 Å². The number of anilines is 1. The third-order valence-corrected chi connectivity index (χ3v) is 4.65. The van der Waals surface area contributed by atoms with Crippen LogP contribution in [0.25, 0.3) is 5.69 Å². The van der Waals surface area contributed by atoms with Gasteiger partial charge >= 0.3 is 0 Å². The number of carbonyl (C=O) groups is 1. The van der Waals surface area contributed by atoms with Crippen LogP contribution < -0.4 is 10.5 Å². The van der Waals surface area contributed by atoms with Crippen LogP contribution in [0.3, 0.4) is 0 Å². The molecule has 3 heterocycles. The Morgan fingerprint density at radius 1 is 1.33 bits per heavy atom. The van der Waals surface area contributed by atoms with Gasteiger partial charge in [-0.2, -0.15) is 0 Å². The average molecular weight is 367 g/mol. The van der Waals surface area contributed by atoms with Crippen molar-refractivity contribution in [3.63, 3.8) is 0 Å². The Balaban J connectivity index is 1.82. The summed E-state index contributed by atoms with van der Waals surface area (Å²) in [5.41, 5.74) is 0.251. The number of hydrogen-bond acceptors (Lipinski definition) is 6. The van der Waals surface area contributed by atoms with E-state index in [9.17, 15) is 19.3 Å². The van der Waals surface area contributed by atoms with Gasteiger partial charge in [-0.25, -0.2) is 4.98 Å². The maximum absolute atomic E-state index is 12.3. The number of rotatable bonds is 4. The molecule has 0 bridgehead atoms. The molecule has 2 unspecified atom stereocenters. The first-order valence-electron chi connectivity index (χ1n) is 6.88. The van der Waals surface area contributed by atoms with Crippen LogP contribution in [0.2, 0.25) is 0 Å². The minimum atomic E-state index is -1.81. The molecule has 2 aromatic rings. The van der Waals surface area contributed by atoms with E-state index < -0.39 is 21.9 Å². The van der Waals surface area contributed by atoms with Crippen LogP contribution in [0.1, 0.15) is 6.42 Å². The zero-order valence-corrected chi connectivity index (χ0v) is 13.9. The van der Waals surface area contributed by atoms with Crippen molar-refractivity contribution >= 4 is 32.8 Å². The highest BCUT2D eigenvalue weighted by Gasteiger charge is 2.38. The highest BCUT2D eigenvalue weighted by atomic mass is 32.8. The zero-order chi connectivity index (χ0) is 17.3. The molecule has 0 saturated carbocycles. The van der Waals surface area contributed by atoms with E-state index in [0.29, 0.717) is 28.9 Å². The van der Waals surface area contributed by atoms with Gasteiger partial charge in [-0.15, -0.1) is 0 Å². The fourth-order valence-corrected chi connectivity index (χ4v) is 3.17. The van der Waals surface area contributed by atoms with Crippen LogP contribution in [0.4, 0.5) is 5.82 Å². The van der Waals surface area contributed by atoms with Gasteiger partial charge < -0.3 is 9.76 Å². The summed E-state index contributed by atoms with van der Waals surface area (Å²) in [6, 6.07) is 2.38. The van der Waals surface area contributed by atoms with Crippen molar-refractivity contribution < 1.29 is 14.6 Å². The molecular weight excluding hydrogens is 354 g/mol. The number of hydrogen-bond donors (Lipinski definition) is 2. The minimum Gasteiger partial charge on any atom is -0.314 e. The molecule has 0 aromatic carbocycles. The number of aromatic nitrogens is 3. The Labute approximate surface area is 143 Å². The van der Waals surface area contributed by atoms with Crippen LogP contribution in [-0.2, 0) is 25.9 Å². The molecule has 9 nitrogen and oxygen atoms in total. The third kappa shape index (κ3) is 3.12. The monoisotopic (exact) mass is 367 g/mol. The lowest BCUT2D eigenvalue weighted by atomic mass is 10.3. The van der Waals surface area contributed by atoms with Gasteiger partial charge in [0.15, 0.2) is 0 Å². The molecule has 1 aliphatic heterocycles. The molecule has 0 aliphatic carbocycles. The van der Waals surface area contributed by atoms with Gasteiger partial charge in [-0.05, 0) is 29.7 Å². The minimum absolute atomic E-state index is 0.291. The second-order valence-electron chi connectivity index (χ2n) is 4.99. The van der Waals surface area contributed by atoms with Crippen molar-refractivity contribution in [2.75, 3.05) is 11.4 Å². The van der Waals surface area contributed by atoms with Crippen molar-refractivity contribution in [2.24, 2.45) is 0 Å². The lowest BCUT2D eigenvalue weighted by Gasteiger charge is -2.19. The molecular formula is C13H13N5O4S2. The molecule has 3 rings (SSSR count). The molecule has 11 heteroatoms. The normalized spacial score (nSPS) is 19.0. The Morgan fingerprint density at radius 3 is 2.75 bits per heavy atom. The first-order chi connectivity index (χ1) is 11.5. The van der Waals surface area contributed by atoms with Crippen molar-refractivity contribution in [1.29, 1.82) is 0 Å². The Kier molecular flexibility index (Phi) is 4.78. The van der Waals surface area contributed by atoms with E-state index in [1.165, 1.54) is 34.3 Å². The van der Waals surface area contributed by atoms with Crippen molar-refractivity contribution in [3.05, 3.63) is 47.3 Å². The van der Waals surface area contributed by atoms with Crippen molar-refractivity contribution in [3.8, 4) is 5.69 Å². The summed E-state index contributed by atoms with van der Waals surface area (Å²) < 4.78 is 11.1. The summed E-state index contributed by atoms with van der Waals surface area (Å²) in [5, 5.41) is 9.66. The van der Waals surface area contributed by atoms with Crippen LogP contribution in [0.15, 0.2) is 41.7 Å². The van der Waals surface area contributed by atoms with Crippen molar-refractivity contribution in [2.45, 2.75) is 12.5 Å². The number of nitrogens with zero attached hydrogens (tertiary/aromatic N) is 5. The first-order valence-corrected chi connectivity index (χ1v) is 8.95. The first kappa shape index (κ1) is 16.8. The van der Waals surface area contributed by atoms with E-state index in [0.717, 1.165) is 0 Å². The molecule has 0 radical (unpaired) electrons. The molecule has 1 saturated heterocycles. The third-order valence-electron chi connectivity index (χ3n) is 3.62. The molecule has 0 spiro atoms. The average Bonchev–Trinajstić information content (AvgIpc) is 2.96. The van der Waals surface area contributed by atoms with Gasteiger partial charge in [-0.3, -0.25) is 24.0 Å². The van der Waals surface area contributed by atoms with E-state index in [1.54, 1.807) is 12.1 Å². The molecule has 126 valence electrons. The summed E-state index contributed by atoms with van der Waals surface area (Å²) in [5.74, 6) is -0.000764. The van der Waals surface area contributed by atoms with E-state index in [2.05, 4.69) is 21.2 Å². The van der Waals surface area contributed by atoms with Gasteiger partial charge in [0.05, 0.1) is 18.1 Å². The van der Waals surface area contributed by atoms with Gasteiger partial charge in [0.1, 0.15) is 21.8 Å². The zero-order valence-electron chi connectivity index (χ0n) is 12.2. The predicted octanol–water partition coefficient (Wildman–Crippen LogP) is -0.108. The van der Waals surface area contributed by atoms with E-state index in [-0.39, 0.29) is 5.56 Å². The number of carbonyl (C=O) groups excluding carboxylic acids is 1. The van der Waals surface area contributed by atoms with Crippen molar-refractivity contribution in [1.82, 2.24) is 19.0 Å². The van der Waals surface area contributed by atoms with Gasteiger partial charge in [0.2, 0.25) is 5.91 Å². The highest BCUT2D eigenvalue weighted by Crippen LogP contribution is 2.23. The molecule has 2 atom stereocenters. The molecule has 1 aliphatic rings. The van der Waals surface area contributed by atoms with Crippen LogP contribution in [-0.4, -0.2) is 47.3 Å². The maximum Gasteiger partial charge on any atom is 0.273 e. The second-order valence-corrected chi connectivity index (χ2v) is 6.72. The smallest absolute Gasteiger partial charge is 0.273 e. The standard InChI is InChI=1S/C13H13N5O4S2/c19-12-8-14-4-6-16(12)9-1-2-11(15-7-9)17-5-3-10(13(17)20)18(21)24(22)23/h1-2,4,6-8,10,21H,3,5H2,(H,22,23). The summed E-state index contributed by atoms with van der Waals surface area (Å²) in [4.78, 5) is 33.4. The number of hydroxylamine groups is 1. The summed E-state index contributed by atoms with van der Waals surface area (Å²) >= 11 is 4.57. The summed E-state index contributed by atoms with van der Waals surface area (Å²) in [6.45, 7) is 0.342. The molecule has 24 heavy (non-hydrogen) atoms. The molecule has 2 N–H and O–H groups in total. The number of pyridine rings is 1. The van der Waals surface area contributed by atoms with Gasteiger partial charge in [-0.1, -0.05) is 4.47 Å². The quantitative estimate of drug-likeness (QED) is 0.720. The lowest BCUT2D eigenvalue weighted by molar-refractivity contribution is -0.128. The fraction of sp³-hybridized carbons (Fsp3) is 0.231. The van der Waals surface area contributed by atoms with Gasteiger partial charge in [0.25, 0.3) is 5.56 Å². The van der Waals surface area contributed by atoms with Gasteiger partial charge in [0, 0.05) is 18.9 Å². The molecule has 1 amide bonds. The Bertz CT molecular complexity index is 841. The Hall–Kier alpha value is -2.05. The second kappa shape index (κ2) is 6.83. The largest absolute Gasteiger partial charge is 0.314 e. The highest BCUT2D eigenvalue weighted by molar-refractivity contribution is 8.24. The molecule has 1 fully saturated rings. The van der Waals surface area contributed by atoms with Crippen LogP contribution in [0, 0.1) is 0 Å². The maximum atomic E-state index is 12.3. The summed E-state index contributed by atoms with van der Waals surface area (Å²) in [6.07, 6.45) is 5.99. The topological polar surface area (TPSA) is 112 Å². The Morgan fingerprint density at radius 2 is 2.12 bits per heavy atom. The van der Waals surface area contributed by atoms with E-state index >= 15 is 0 Å². The lowest BCUT2D eigenvalue weighted by Crippen LogP contribution is -2.40. The van der Waals surface area contributed by atoms with E-state index in [1.807, 2.05) is 0 Å². The predicted molar refractivity (Wildman–Crippen MR) is 89.4 cm³/mol. The number of amides is 1. The summed E-state index contributed by atoms with van der Waals surface area (Å²) in [7, 11) is -1.81. The van der Waals surface area contributed by atoms with E-state index in [4.69, 9.17) is 0 Å². The molecule has 2 aromatic heterocycles. The SMILES string of the molecule is O=C1C(N(O)S(O)=S)CCN1c1ccc(-n2ccncc2=O)cn1.